The van der Waals surface area contributed by atoms with Crippen LogP contribution in [0.2, 0.25) is 12.1 Å². The van der Waals surface area contributed by atoms with Gasteiger partial charge in [-0.2, -0.15) is 0 Å². The van der Waals surface area contributed by atoms with E-state index in [0.717, 1.165) is 23.6 Å². The summed E-state index contributed by atoms with van der Waals surface area (Å²) in [6.45, 7) is 0. The normalized spacial score (nSPS) is 16.6. The molecule has 2 saturated carbocycles. The quantitative estimate of drug-likeness (QED) is 0.0618. The lowest BCUT2D eigenvalue weighted by Crippen LogP contribution is -2.62. The Hall–Kier alpha value is -2.07. The van der Waals surface area contributed by atoms with Gasteiger partial charge in [-0.3, -0.25) is 0 Å². The van der Waals surface area contributed by atoms with Crippen LogP contribution in [0.15, 0.2) is 121 Å². The topological polar surface area (TPSA) is 18.5 Å². The predicted molar refractivity (Wildman–Crippen MR) is 215 cm³/mol. The van der Waals surface area contributed by atoms with Crippen LogP contribution in [0.1, 0.15) is 77.0 Å². The summed E-state index contributed by atoms with van der Waals surface area (Å²) in [4.78, 5) is 0. The first kappa shape index (κ1) is 35.7. The minimum absolute atomic E-state index is 0.391. The molecule has 0 N–H and O–H groups in total. The zero-order chi connectivity index (χ0) is 32.7. The highest BCUT2D eigenvalue weighted by molar-refractivity contribution is 8.76. The van der Waals surface area contributed by atoms with E-state index in [2.05, 4.69) is 143 Å². The van der Waals surface area contributed by atoms with Gasteiger partial charge in [-0.1, -0.05) is 181 Å². The van der Waals surface area contributed by atoms with Gasteiger partial charge in [0.05, 0.1) is 0 Å². The second-order valence-corrected chi connectivity index (χ2v) is 23.5. The number of benzene rings is 4. The van der Waals surface area contributed by atoms with E-state index in [1.807, 2.05) is 0 Å². The Morgan fingerprint density at radius 2 is 0.708 bits per heavy atom. The fraction of sp³-hybridized carbons (Fsp3) is 0.429. The average molecular weight is 711 g/mol. The molecule has 0 saturated heterocycles. The van der Waals surface area contributed by atoms with Crippen LogP contribution in [0.25, 0.3) is 0 Å². The molecule has 2 aliphatic carbocycles. The number of rotatable bonds is 17. The molecule has 0 spiro atoms. The van der Waals surface area contributed by atoms with Gasteiger partial charge < -0.3 is 8.85 Å². The van der Waals surface area contributed by atoms with E-state index >= 15 is 0 Å². The smallest absolute Gasteiger partial charge is 0.256 e. The Labute approximate surface area is 300 Å². The molecule has 0 radical (unpaired) electrons. The molecule has 0 bridgehead atoms. The summed E-state index contributed by atoms with van der Waals surface area (Å²) in [5.74, 6) is 2.32. The van der Waals surface area contributed by atoms with Crippen LogP contribution in [0.4, 0.5) is 0 Å². The summed E-state index contributed by atoms with van der Waals surface area (Å²) < 4.78 is 14.8. The molecule has 0 atom stereocenters. The second kappa shape index (κ2) is 18.8. The minimum Gasteiger partial charge on any atom is -0.405 e. The maximum atomic E-state index is 7.39. The summed E-state index contributed by atoms with van der Waals surface area (Å²) in [6, 6.07) is 47.3. The van der Waals surface area contributed by atoms with Gasteiger partial charge in [-0.15, -0.1) is 0 Å². The summed E-state index contributed by atoms with van der Waals surface area (Å²) in [7, 11) is -0.599. The molecule has 2 aliphatic rings. The molecule has 2 fully saturated rings. The zero-order valence-electron chi connectivity index (χ0n) is 28.6. The van der Waals surface area contributed by atoms with Crippen molar-refractivity contribution in [3.63, 3.8) is 0 Å². The van der Waals surface area contributed by atoms with Crippen LogP contribution < -0.4 is 20.7 Å². The van der Waals surface area contributed by atoms with Gasteiger partial charge in [0, 0.05) is 23.7 Å². The zero-order valence-corrected chi connectivity index (χ0v) is 32.3. The molecule has 254 valence electrons. The minimum atomic E-state index is -2.37. The third-order valence-corrected chi connectivity index (χ3v) is 21.6. The molecule has 0 amide bonds. The summed E-state index contributed by atoms with van der Waals surface area (Å²) in [5.41, 5.74) is 0. The summed E-state index contributed by atoms with van der Waals surface area (Å²) in [5, 5.41) is 5.72. The Bertz CT molecular complexity index is 1250. The van der Waals surface area contributed by atoms with E-state index in [-0.39, 0.29) is 0 Å². The number of hydrogen-bond acceptors (Lipinski definition) is 4. The Morgan fingerprint density at radius 1 is 0.417 bits per heavy atom. The molecule has 4 aromatic rings. The van der Waals surface area contributed by atoms with Gasteiger partial charge in [0.25, 0.3) is 16.6 Å². The van der Waals surface area contributed by atoms with Crippen LogP contribution >= 0.6 is 21.6 Å². The fourth-order valence-electron chi connectivity index (χ4n) is 7.94. The van der Waals surface area contributed by atoms with Crippen molar-refractivity contribution in [1.82, 2.24) is 0 Å². The van der Waals surface area contributed by atoms with Gasteiger partial charge in [0.1, 0.15) is 0 Å². The van der Waals surface area contributed by atoms with Crippen molar-refractivity contribution >= 4 is 59.0 Å². The molecule has 0 aromatic heterocycles. The lowest BCUT2D eigenvalue weighted by atomic mass is 9.98. The third-order valence-electron chi connectivity index (χ3n) is 10.4. The summed E-state index contributed by atoms with van der Waals surface area (Å²) in [6.07, 6.45) is 15.9. The van der Waals surface area contributed by atoms with Crippen LogP contribution in [-0.4, -0.2) is 40.3 Å². The fourth-order valence-corrected chi connectivity index (χ4v) is 19.1. The molecule has 48 heavy (non-hydrogen) atoms. The van der Waals surface area contributed by atoms with E-state index in [4.69, 9.17) is 8.85 Å². The summed E-state index contributed by atoms with van der Waals surface area (Å²) >= 11 is 0. The molecule has 6 heteroatoms. The highest BCUT2D eigenvalue weighted by Crippen LogP contribution is 2.31. The molecule has 4 aromatic carbocycles. The van der Waals surface area contributed by atoms with Gasteiger partial charge in [0.15, 0.2) is 0 Å². The molecular weight excluding hydrogens is 657 g/mol. The van der Waals surface area contributed by atoms with E-state index in [1.165, 1.54) is 97.8 Å². The lowest BCUT2D eigenvalue weighted by Gasteiger charge is -2.38. The van der Waals surface area contributed by atoms with E-state index in [9.17, 15) is 0 Å². The Balaban J connectivity index is 1.09. The van der Waals surface area contributed by atoms with Crippen molar-refractivity contribution in [2.45, 2.75) is 101 Å². The van der Waals surface area contributed by atoms with Crippen LogP contribution in [0, 0.1) is 0 Å². The van der Waals surface area contributed by atoms with Crippen molar-refractivity contribution in [2.24, 2.45) is 0 Å². The van der Waals surface area contributed by atoms with Crippen molar-refractivity contribution in [3.05, 3.63) is 121 Å². The molecule has 0 aliphatic heterocycles. The maximum Gasteiger partial charge on any atom is 0.256 e. The average Bonchev–Trinajstić information content (AvgIpc) is 3.17. The van der Waals surface area contributed by atoms with Crippen molar-refractivity contribution in [2.75, 3.05) is 11.5 Å². The van der Waals surface area contributed by atoms with Crippen LogP contribution in [0.5, 0.6) is 0 Å². The van der Waals surface area contributed by atoms with Crippen LogP contribution in [0.3, 0.4) is 0 Å². The Morgan fingerprint density at radius 3 is 1.00 bits per heavy atom. The SMILES string of the molecule is c1ccc([Si](CCCSSCCC[Si](OC2CCCCC2)(c2ccccc2)c2ccccc2)(OC2CCCCC2)c2ccccc2)cc1. The third kappa shape index (κ3) is 9.38. The predicted octanol–water partition coefficient (Wildman–Crippen LogP) is 9.37. The first-order chi connectivity index (χ1) is 23.8. The van der Waals surface area contributed by atoms with E-state index < -0.39 is 16.6 Å². The Kier molecular flexibility index (Phi) is 14.0. The first-order valence-corrected chi connectivity index (χ1v) is 25.3. The van der Waals surface area contributed by atoms with Crippen molar-refractivity contribution < 1.29 is 8.85 Å². The standard InChI is InChI=1S/C42H54O2S2Si2/c1-7-21-37(22-8-1)43-47(39-25-11-3-12-26-39,40-27-13-4-14-28-40)35-19-33-45-46-34-20-36-48(41-29-15-5-16-30-41,42-31-17-6-18-32-42)44-38-23-9-2-10-24-38/h3-6,11-18,25-32,37-38H,1-2,7-10,19-24,33-36H2. The molecule has 0 heterocycles. The molecular formula is C42H54O2S2Si2. The van der Waals surface area contributed by atoms with Gasteiger partial charge in [0.2, 0.25) is 0 Å². The van der Waals surface area contributed by atoms with E-state index in [0.29, 0.717) is 12.2 Å². The van der Waals surface area contributed by atoms with Gasteiger partial charge in [-0.05, 0) is 71.4 Å². The molecule has 6 rings (SSSR count). The first-order valence-electron chi connectivity index (χ1n) is 18.6. The largest absolute Gasteiger partial charge is 0.405 e. The van der Waals surface area contributed by atoms with Gasteiger partial charge in [-0.25, -0.2) is 0 Å². The lowest BCUT2D eigenvalue weighted by molar-refractivity contribution is 0.150. The molecule has 2 nitrogen and oxygen atoms in total. The molecule has 0 unspecified atom stereocenters. The highest BCUT2D eigenvalue weighted by atomic mass is 33.1. The van der Waals surface area contributed by atoms with Crippen molar-refractivity contribution in [3.8, 4) is 0 Å². The van der Waals surface area contributed by atoms with E-state index in [1.54, 1.807) is 0 Å². The maximum absolute atomic E-state index is 7.39. The van der Waals surface area contributed by atoms with Gasteiger partial charge >= 0.3 is 0 Å². The number of hydrogen-bond donors (Lipinski definition) is 0. The second-order valence-electron chi connectivity index (χ2n) is 13.7. The van der Waals surface area contributed by atoms with Crippen molar-refractivity contribution in [1.29, 1.82) is 0 Å². The monoisotopic (exact) mass is 710 g/mol. The highest BCUT2D eigenvalue weighted by Gasteiger charge is 2.42. The van der Waals surface area contributed by atoms with Crippen LogP contribution in [-0.2, 0) is 8.85 Å².